The zero-order chi connectivity index (χ0) is 76.6. The molecule has 0 fully saturated rings. The van der Waals surface area contributed by atoms with Crippen LogP contribution in [0.15, 0.2) is 72.8 Å². The van der Waals surface area contributed by atoms with Crippen molar-refractivity contribution < 1.29 is 28.4 Å². The maximum Gasteiger partial charge on any atom is 0.161 e. The molecule has 0 bridgehead atoms. The third kappa shape index (κ3) is 52.2. The minimum atomic E-state index is 0.701. The van der Waals surface area contributed by atoms with Gasteiger partial charge in [0.15, 0.2) is 34.5 Å². The van der Waals surface area contributed by atoms with Gasteiger partial charge in [0.1, 0.15) is 0 Å². The van der Waals surface area contributed by atoms with Crippen LogP contribution in [0.1, 0.15) is 460 Å². The van der Waals surface area contributed by atoms with E-state index in [1.165, 1.54) is 347 Å². The first-order valence-corrected chi connectivity index (χ1v) is 46.9. The third-order valence-corrected chi connectivity index (χ3v) is 21.8. The van der Waals surface area contributed by atoms with Crippen LogP contribution in [-0.4, -0.2) is 39.6 Å². The van der Waals surface area contributed by atoms with Crippen molar-refractivity contribution >= 4 is 36.5 Å². The topological polar surface area (TPSA) is 55.4 Å². The number of rotatable bonds is 78. The van der Waals surface area contributed by atoms with Gasteiger partial charge in [-0.1, -0.05) is 443 Å². The number of hydrogen-bond acceptors (Lipinski definition) is 6. The lowest BCUT2D eigenvalue weighted by atomic mass is 10.0. The molecule has 6 nitrogen and oxygen atoms in total. The lowest BCUT2D eigenvalue weighted by Crippen LogP contribution is -2.03. The van der Waals surface area contributed by atoms with Gasteiger partial charge in [-0.3, -0.25) is 0 Å². The minimum absolute atomic E-state index is 0.701. The van der Waals surface area contributed by atoms with E-state index in [9.17, 15) is 0 Å². The summed E-state index contributed by atoms with van der Waals surface area (Å²) in [5.41, 5.74) is 6.66. The van der Waals surface area contributed by atoms with Crippen molar-refractivity contribution in [2.45, 2.75) is 427 Å². The molecule has 0 N–H and O–H groups in total. The van der Waals surface area contributed by atoms with Crippen molar-refractivity contribution in [1.82, 2.24) is 0 Å². The number of unbranched alkanes of at least 4 members (excludes halogenated alkanes) is 54. The molecule has 0 amide bonds. The van der Waals surface area contributed by atoms with E-state index in [0.717, 1.165) is 106 Å². The molecule has 6 heteroatoms. The highest BCUT2D eigenvalue weighted by Gasteiger charge is 2.12. The van der Waals surface area contributed by atoms with Crippen LogP contribution < -0.4 is 28.4 Å². The standard InChI is InChI=1S/C102H168O6/c1-7-13-19-25-31-37-43-49-55-61-79-103-97-76-73-91(88-100(97)106-82-64-58-52-46-40-34-28-22-16-10-4)67-70-94-85-95(71-68-92-74-77-98(104-80-62-56-50-44-38-32-26-20-14-8-2)101(89-92)107-83-65-59-53-47-41-35-29-23-17-11-5)87-96(86-94)72-69-93-75-78-99(105-81-63-57-51-45-39-33-27-21-15-9-3)102(90-93)108-84-66-60-54-48-42-36-30-24-18-12-6/h67-78,85-90H,7-66,79-84H2,1-6H3/b70-67+,71-68+,72-69+. The molecular formula is C102H168O6. The predicted molar refractivity (Wildman–Crippen MR) is 477 cm³/mol. The Morgan fingerprint density at radius 2 is 0.287 bits per heavy atom. The fraction of sp³-hybridized carbons (Fsp3) is 0.706. The van der Waals surface area contributed by atoms with Gasteiger partial charge < -0.3 is 28.4 Å². The normalized spacial score (nSPS) is 11.7. The average Bonchev–Trinajstić information content (AvgIpc) is 0.846. The van der Waals surface area contributed by atoms with Gasteiger partial charge in [0.05, 0.1) is 39.6 Å². The molecule has 0 aromatic heterocycles. The molecule has 612 valence electrons. The number of ether oxygens (including phenoxy) is 6. The number of hydrogen-bond donors (Lipinski definition) is 0. The number of benzene rings is 4. The van der Waals surface area contributed by atoms with Gasteiger partial charge in [0.2, 0.25) is 0 Å². The molecule has 0 aliphatic heterocycles. The van der Waals surface area contributed by atoms with E-state index in [1.54, 1.807) is 0 Å². The third-order valence-electron chi connectivity index (χ3n) is 21.8. The first kappa shape index (κ1) is 95.3. The highest BCUT2D eigenvalue weighted by atomic mass is 16.5. The zero-order valence-electron chi connectivity index (χ0n) is 71.5. The molecule has 0 spiro atoms. The van der Waals surface area contributed by atoms with Gasteiger partial charge in [-0.25, -0.2) is 0 Å². The summed E-state index contributed by atoms with van der Waals surface area (Å²) in [5, 5.41) is 0. The fourth-order valence-electron chi connectivity index (χ4n) is 14.8. The van der Waals surface area contributed by atoms with Gasteiger partial charge in [-0.2, -0.15) is 0 Å². The van der Waals surface area contributed by atoms with Crippen molar-refractivity contribution in [3.8, 4) is 34.5 Å². The quantitative estimate of drug-likeness (QED) is 0.0324. The molecule has 108 heavy (non-hydrogen) atoms. The van der Waals surface area contributed by atoms with Crippen molar-refractivity contribution in [3.05, 3.63) is 106 Å². The van der Waals surface area contributed by atoms with E-state index in [4.69, 9.17) is 28.4 Å². The fourth-order valence-corrected chi connectivity index (χ4v) is 14.8. The second-order valence-corrected chi connectivity index (χ2v) is 32.2. The zero-order valence-corrected chi connectivity index (χ0v) is 71.5. The van der Waals surface area contributed by atoms with E-state index < -0.39 is 0 Å². The van der Waals surface area contributed by atoms with Gasteiger partial charge in [-0.05, 0) is 127 Å². The van der Waals surface area contributed by atoms with E-state index in [2.05, 4.69) is 151 Å². The highest BCUT2D eigenvalue weighted by molar-refractivity contribution is 5.79. The molecular weight excluding hydrogens is 1320 g/mol. The molecule has 0 unspecified atom stereocenters. The molecule has 0 aliphatic carbocycles. The van der Waals surface area contributed by atoms with Gasteiger partial charge in [-0.15, -0.1) is 0 Å². The summed E-state index contributed by atoms with van der Waals surface area (Å²) in [5.74, 6) is 5.13. The first-order valence-electron chi connectivity index (χ1n) is 46.9. The molecule has 4 aromatic carbocycles. The van der Waals surface area contributed by atoms with Crippen molar-refractivity contribution in [1.29, 1.82) is 0 Å². The lowest BCUT2D eigenvalue weighted by molar-refractivity contribution is 0.258. The minimum Gasteiger partial charge on any atom is -0.490 e. The van der Waals surface area contributed by atoms with E-state index in [1.807, 2.05) is 0 Å². The Balaban J connectivity index is 1.63. The lowest BCUT2D eigenvalue weighted by Gasteiger charge is -2.14. The summed E-state index contributed by atoms with van der Waals surface area (Å²) in [6.45, 7) is 18.1. The molecule has 0 atom stereocenters. The summed E-state index contributed by atoms with van der Waals surface area (Å²) in [4.78, 5) is 0. The second kappa shape index (κ2) is 71.0. The molecule has 0 radical (unpaired) electrons. The SMILES string of the molecule is CCCCCCCCCCCCOc1ccc(/C=C/c2cc(/C=C/c3ccc(OCCCCCCCCCCCC)c(OCCCCCCCCCCCC)c3)cc(/C=C/c3ccc(OCCCCCCCCCCCC)c(OCCCCCCCCCCCC)c3)c2)cc1OCCCCCCCCCCCC. The van der Waals surface area contributed by atoms with Gasteiger partial charge >= 0.3 is 0 Å². The van der Waals surface area contributed by atoms with Gasteiger partial charge in [0, 0.05) is 0 Å². The summed E-state index contributed by atoms with van der Waals surface area (Å²) in [6, 6.07) is 26.6. The monoisotopic (exact) mass is 1490 g/mol. The van der Waals surface area contributed by atoms with Gasteiger partial charge in [0.25, 0.3) is 0 Å². The highest BCUT2D eigenvalue weighted by Crippen LogP contribution is 2.34. The summed E-state index contributed by atoms with van der Waals surface area (Å²) in [6.07, 6.45) is 91.9. The molecule has 4 rings (SSSR count). The summed E-state index contributed by atoms with van der Waals surface area (Å²) < 4.78 is 39.7. The molecule has 0 saturated heterocycles. The van der Waals surface area contributed by atoms with Crippen molar-refractivity contribution in [2.75, 3.05) is 39.6 Å². The smallest absolute Gasteiger partial charge is 0.161 e. The second-order valence-electron chi connectivity index (χ2n) is 32.2. The molecule has 0 heterocycles. The van der Waals surface area contributed by atoms with Crippen LogP contribution in [0.5, 0.6) is 34.5 Å². The van der Waals surface area contributed by atoms with Crippen molar-refractivity contribution in [2.24, 2.45) is 0 Å². The Morgan fingerprint density at radius 3 is 0.454 bits per heavy atom. The largest absolute Gasteiger partial charge is 0.490 e. The summed E-state index contributed by atoms with van der Waals surface area (Å²) >= 11 is 0. The van der Waals surface area contributed by atoms with Crippen LogP contribution >= 0.6 is 0 Å². The van der Waals surface area contributed by atoms with Crippen LogP contribution in [0.2, 0.25) is 0 Å². The first-order chi connectivity index (χ1) is 53.5. The average molecular weight is 1490 g/mol. The van der Waals surface area contributed by atoms with Crippen LogP contribution in [0, 0.1) is 0 Å². The van der Waals surface area contributed by atoms with Crippen LogP contribution in [-0.2, 0) is 0 Å². The molecule has 0 saturated carbocycles. The van der Waals surface area contributed by atoms with E-state index >= 15 is 0 Å². The Kier molecular flexibility index (Phi) is 62.6. The predicted octanol–water partition coefficient (Wildman–Crippen LogP) is 34.0. The van der Waals surface area contributed by atoms with Crippen LogP contribution in [0.3, 0.4) is 0 Å². The Hall–Kier alpha value is -5.10. The Labute approximate surface area is 668 Å². The van der Waals surface area contributed by atoms with E-state index in [-0.39, 0.29) is 0 Å². The van der Waals surface area contributed by atoms with Crippen LogP contribution in [0.25, 0.3) is 36.5 Å². The molecule has 0 aliphatic rings. The Morgan fingerprint density at radius 1 is 0.148 bits per heavy atom. The summed E-state index contributed by atoms with van der Waals surface area (Å²) in [7, 11) is 0. The van der Waals surface area contributed by atoms with Crippen LogP contribution in [0.4, 0.5) is 0 Å². The maximum absolute atomic E-state index is 6.68. The maximum atomic E-state index is 6.68. The van der Waals surface area contributed by atoms with E-state index in [0.29, 0.717) is 39.6 Å². The Bertz CT molecular complexity index is 2450. The van der Waals surface area contributed by atoms with Crippen molar-refractivity contribution in [3.63, 3.8) is 0 Å². The molecule has 4 aromatic rings.